The Morgan fingerprint density at radius 1 is 1.27 bits per heavy atom. The third-order valence-corrected chi connectivity index (χ3v) is 10.8. The molecule has 1 N–H and O–H groups in total. The van der Waals surface area contributed by atoms with Gasteiger partial charge in [-0.3, -0.25) is 0 Å². The van der Waals surface area contributed by atoms with E-state index in [0.717, 1.165) is 30.8 Å². The van der Waals surface area contributed by atoms with Crippen LogP contribution in [0.3, 0.4) is 0 Å². The third kappa shape index (κ3) is 2.98. The van der Waals surface area contributed by atoms with Gasteiger partial charge in [0.15, 0.2) is 0 Å². The average molecular weight is 514 g/mol. The monoisotopic (exact) mass is 515 g/mol. The van der Waals surface area contributed by atoms with Gasteiger partial charge in [0.1, 0.15) is 0 Å². The van der Waals surface area contributed by atoms with E-state index in [2.05, 4.69) is 30.3 Å². The predicted molar refractivity (Wildman–Crippen MR) is 125 cm³/mol. The van der Waals surface area contributed by atoms with Crippen LogP contribution in [0.1, 0.15) is 30.9 Å². The summed E-state index contributed by atoms with van der Waals surface area (Å²) >= 11 is 0.105. The average Bonchev–Trinajstić information content (AvgIpc) is 3.17. The van der Waals surface area contributed by atoms with E-state index in [0.29, 0.717) is 13.2 Å². The molecule has 1 spiro atoms. The second kappa shape index (κ2) is 7.93. The molecule has 6 nitrogen and oxygen atoms in total. The predicted octanol–water partition coefficient (Wildman–Crippen LogP) is 2.68. The second-order valence-corrected chi connectivity index (χ2v) is 12.2. The van der Waals surface area contributed by atoms with Gasteiger partial charge in [0.25, 0.3) is 0 Å². The van der Waals surface area contributed by atoms with Gasteiger partial charge >= 0.3 is 200 Å². The molecule has 2 heterocycles. The van der Waals surface area contributed by atoms with Crippen LogP contribution >= 0.6 is 0 Å². The number of likely N-dealkylation sites (tertiary alicyclic amines) is 1. The Hall–Kier alpha value is -2.21. The Labute approximate surface area is 200 Å². The van der Waals surface area contributed by atoms with Gasteiger partial charge < -0.3 is 0 Å². The number of aliphatic hydroxyl groups is 1. The molecule has 1 saturated heterocycles. The number of carbonyl (C=O) groups is 1. The van der Waals surface area contributed by atoms with Crippen LogP contribution in [0, 0.1) is 5.92 Å². The van der Waals surface area contributed by atoms with Crippen molar-refractivity contribution in [1.82, 2.24) is 4.90 Å². The topological polar surface area (TPSA) is 68.2 Å². The number of hydrogen-bond acceptors (Lipinski definition) is 5. The molecule has 6 rings (SSSR count). The first-order valence-corrected chi connectivity index (χ1v) is 13.6. The Kier molecular flexibility index (Phi) is 5.13. The minimum absolute atomic E-state index is 0.0531. The summed E-state index contributed by atoms with van der Waals surface area (Å²) in [6.45, 7) is 2.85. The zero-order chi connectivity index (χ0) is 22.7. The third-order valence-electron chi connectivity index (χ3n) is 8.08. The molecular formula is C26H29NO5Se. The van der Waals surface area contributed by atoms with Gasteiger partial charge in [-0.15, -0.1) is 0 Å². The van der Waals surface area contributed by atoms with Crippen molar-refractivity contribution < 1.29 is 24.1 Å². The summed E-state index contributed by atoms with van der Waals surface area (Å²) in [7, 11) is 1.67. The fourth-order valence-electron chi connectivity index (χ4n) is 6.85. The van der Waals surface area contributed by atoms with Crippen LogP contribution in [-0.2, 0) is 16.6 Å². The molecular weight excluding hydrogens is 485 g/mol. The van der Waals surface area contributed by atoms with E-state index in [1.54, 1.807) is 7.11 Å². The molecule has 0 aromatic heterocycles. The summed E-state index contributed by atoms with van der Waals surface area (Å²) in [5, 5.41) is 11.7. The molecule has 5 unspecified atom stereocenters. The summed E-state index contributed by atoms with van der Waals surface area (Å²) < 4.78 is 19.0. The summed E-state index contributed by atoms with van der Waals surface area (Å²) in [4.78, 5) is 15.0. The molecule has 7 heteroatoms. The van der Waals surface area contributed by atoms with Crippen LogP contribution in [0.5, 0.6) is 11.5 Å². The van der Waals surface area contributed by atoms with Crippen molar-refractivity contribution in [1.29, 1.82) is 0 Å². The van der Waals surface area contributed by atoms with Crippen molar-refractivity contribution in [2.45, 2.75) is 54.7 Å². The van der Waals surface area contributed by atoms with E-state index in [1.165, 1.54) is 15.6 Å². The standard InChI is InChI=1S/C26H29NO5Se/c1-3-31-25(29)27-12-11-26-17-14-20(33-16-7-5-4-6-8-16)22(28)24(26)32-23-19(30-2)10-9-15(21(23)26)13-18(17)27/h4-10,17-18,20,22,24,28H,3,11-14H2,1-2H3/t17?,18?,20?,22?,24?,26-/m0/s1. The maximum atomic E-state index is 12.9. The zero-order valence-corrected chi connectivity index (χ0v) is 20.6. The van der Waals surface area contributed by atoms with E-state index in [-0.39, 0.29) is 49.3 Å². The first kappa shape index (κ1) is 21.3. The Morgan fingerprint density at radius 2 is 2.09 bits per heavy atom. The summed E-state index contributed by atoms with van der Waals surface area (Å²) in [6.07, 6.45) is 1.35. The molecule has 33 heavy (non-hydrogen) atoms. The number of hydrogen-bond donors (Lipinski definition) is 1. The van der Waals surface area contributed by atoms with Crippen molar-refractivity contribution in [2.75, 3.05) is 20.3 Å². The van der Waals surface area contributed by atoms with Crippen LogP contribution in [0.2, 0.25) is 4.82 Å². The first-order chi connectivity index (χ1) is 16.1. The van der Waals surface area contributed by atoms with Gasteiger partial charge in [0.05, 0.1) is 0 Å². The normalized spacial score (nSPS) is 33.2. The quantitative estimate of drug-likeness (QED) is 0.636. The second-order valence-electron chi connectivity index (χ2n) is 9.43. The number of amides is 1. The molecule has 1 saturated carbocycles. The number of rotatable bonds is 4. The van der Waals surface area contributed by atoms with Gasteiger partial charge in [0.2, 0.25) is 0 Å². The van der Waals surface area contributed by atoms with Gasteiger partial charge in [-0.25, -0.2) is 0 Å². The number of benzene rings is 2. The van der Waals surface area contributed by atoms with Crippen molar-refractivity contribution in [3.63, 3.8) is 0 Å². The Balaban J connectivity index is 1.45. The molecule has 2 aliphatic heterocycles. The van der Waals surface area contributed by atoms with E-state index in [9.17, 15) is 9.90 Å². The number of ether oxygens (including phenoxy) is 3. The van der Waals surface area contributed by atoms with Gasteiger partial charge in [0, 0.05) is 0 Å². The van der Waals surface area contributed by atoms with Crippen molar-refractivity contribution in [2.24, 2.45) is 5.92 Å². The van der Waals surface area contributed by atoms with E-state index < -0.39 is 6.10 Å². The van der Waals surface area contributed by atoms with E-state index >= 15 is 0 Å². The van der Waals surface area contributed by atoms with Gasteiger partial charge in [-0.2, -0.15) is 0 Å². The molecule has 2 fully saturated rings. The summed E-state index contributed by atoms with van der Waals surface area (Å²) in [5.74, 6) is 1.76. The van der Waals surface area contributed by atoms with Gasteiger partial charge in [-0.05, 0) is 0 Å². The number of nitrogens with zero attached hydrogens (tertiary/aromatic N) is 1. The minimum atomic E-state index is -0.556. The Morgan fingerprint density at radius 3 is 2.85 bits per heavy atom. The van der Waals surface area contributed by atoms with Crippen LogP contribution in [0.15, 0.2) is 42.5 Å². The van der Waals surface area contributed by atoms with Crippen molar-refractivity contribution in [3.8, 4) is 11.5 Å². The molecule has 2 aliphatic carbocycles. The maximum absolute atomic E-state index is 12.9. The van der Waals surface area contributed by atoms with Crippen LogP contribution < -0.4 is 13.9 Å². The molecule has 0 radical (unpaired) electrons. The number of carbonyl (C=O) groups excluding carboxylic acids is 1. The molecule has 2 aromatic carbocycles. The molecule has 4 aliphatic rings. The summed E-state index contributed by atoms with van der Waals surface area (Å²) in [5.41, 5.74) is 2.15. The molecule has 2 bridgehead atoms. The van der Waals surface area contributed by atoms with Gasteiger partial charge in [-0.1, -0.05) is 0 Å². The van der Waals surface area contributed by atoms with Crippen molar-refractivity contribution >= 4 is 25.5 Å². The molecule has 6 atom stereocenters. The Bertz CT molecular complexity index is 1080. The van der Waals surface area contributed by atoms with E-state index in [1.807, 2.05) is 24.0 Å². The van der Waals surface area contributed by atoms with Crippen LogP contribution in [0.25, 0.3) is 0 Å². The molecule has 2 aromatic rings. The number of aliphatic hydroxyl groups excluding tert-OH is 1. The molecule has 174 valence electrons. The number of piperidine rings is 1. The van der Waals surface area contributed by atoms with Crippen LogP contribution in [0.4, 0.5) is 4.79 Å². The van der Waals surface area contributed by atoms with Crippen molar-refractivity contribution in [3.05, 3.63) is 53.6 Å². The number of methoxy groups -OCH3 is 1. The SMILES string of the molecule is CCOC(=O)N1CC[C@]23c4c5ccc(OC)c4OC2C(O)C([Se]c2ccccc2)CC3C1C5. The first-order valence-electron chi connectivity index (χ1n) is 11.8. The fourth-order valence-corrected chi connectivity index (χ4v) is 9.47. The van der Waals surface area contributed by atoms with E-state index in [4.69, 9.17) is 14.2 Å². The summed E-state index contributed by atoms with van der Waals surface area (Å²) in [6, 6.07) is 14.6. The zero-order valence-electron chi connectivity index (χ0n) is 18.9. The van der Waals surface area contributed by atoms with Crippen LogP contribution in [-0.4, -0.2) is 69.6 Å². The fraction of sp³-hybridized carbons (Fsp3) is 0.500. The molecule has 1 amide bonds.